The molecule has 0 saturated carbocycles. The van der Waals surface area contributed by atoms with Crippen LogP contribution in [0, 0.1) is 17.0 Å². The van der Waals surface area contributed by atoms with E-state index in [1.807, 2.05) is 30.3 Å². The Hall–Kier alpha value is -3.02. The zero-order valence-corrected chi connectivity index (χ0v) is 12.7. The maximum absolute atomic E-state index is 11.9. The molecule has 0 heterocycles. The van der Waals surface area contributed by atoms with E-state index in [0.717, 1.165) is 6.42 Å². The molecule has 0 bridgehead atoms. The van der Waals surface area contributed by atoms with E-state index in [-0.39, 0.29) is 11.6 Å². The number of carbonyl (C=O) groups excluding carboxylic acids is 1. The molecule has 0 aliphatic heterocycles. The fourth-order valence-electron chi connectivity index (χ4n) is 2.11. The van der Waals surface area contributed by atoms with Crippen LogP contribution in [0.15, 0.2) is 53.6 Å². The Morgan fingerprint density at radius 1 is 1.26 bits per heavy atom. The minimum atomic E-state index is -0.473. The summed E-state index contributed by atoms with van der Waals surface area (Å²) in [6.07, 6.45) is 3.20. The number of hydrogen-bond donors (Lipinski definition) is 1. The smallest absolute Gasteiger partial charge is 0.267 e. The molecule has 2 rings (SSSR count). The molecule has 0 aliphatic rings. The van der Waals surface area contributed by atoms with Crippen molar-refractivity contribution in [3.63, 3.8) is 0 Å². The lowest BCUT2D eigenvalue weighted by Gasteiger charge is -2.02. The van der Waals surface area contributed by atoms with Gasteiger partial charge in [-0.25, -0.2) is 5.43 Å². The predicted molar refractivity (Wildman–Crippen MR) is 88.6 cm³/mol. The van der Waals surface area contributed by atoms with E-state index in [1.54, 1.807) is 13.1 Å². The molecule has 23 heavy (non-hydrogen) atoms. The highest BCUT2D eigenvalue weighted by Gasteiger charge is 2.13. The van der Waals surface area contributed by atoms with E-state index in [0.29, 0.717) is 17.5 Å². The van der Waals surface area contributed by atoms with Gasteiger partial charge in [0.15, 0.2) is 0 Å². The van der Waals surface area contributed by atoms with Crippen LogP contribution in [0.3, 0.4) is 0 Å². The lowest BCUT2D eigenvalue weighted by atomic mass is 10.1. The summed E-state index contributed by atoms with van der Waals surface area (Å²) in [7, 11) is 0. The second kappa shape index (κ2) is 7.84. The average Bonchev–Trinajstić information content (AvgIpc) is 2.55. The normalized spacial score (nSPS) is 10.7. The standard InChI is InChI=1S/C17H17N3O3/c1-13-12-15(9-10-16(13)20(22)23)17(21)19-18-11-5-8-14-6-3-2-4-7-14/h2-4,6-7,9-12H,5,8H2,1H3,(H,19,21)/b18-11+. The van der Waals surface area contributed by atoms with Crippen molar-refractivity contribution in [2.45, 2.75) is 19.8 Å². The monoisotopic (exact) mass is 311 g/mol. The summed E-state index contributed by atoms with van der Waals surface area (Å²) in [6.45, 7) is 1.60. The van der Waals surface area contributed by atoms with Crippen molar-refractivity contribution in [2.75, 3.05) is 0 Å². The summed E-state index contributed by atoms with van der Waals surface area (Å²) in [5.41, 5.74) is 4.40. The van der Waals surface area contributed by atoms with Gasteiger partial charge in [0, 0.05) is 23.4 Å². The number of amides is 1. The van der Waals surface area contributed by atoms with Gasteiger partial charge in [0.05, 0.1) is 4.92 Å². The first-order valence-electron chi connectivity index (χ1n) is 7.19. The summed E-state index contributed by atoms with van der Waals surface area (Å²) in [6, 6.07) is 14.2. The van der Waals surface area contributed by atoms with Crippen LogP contribution in [0.4, 0.5) is 5.69 Å². The first-order chi connectivity index (χ1) is 11.1. The number of nitrogens with one attached hydrogen (secondary N) is 1. The zero-order chi connectivity index (χ0) is 16.7. The third kappa shape index (κ3) is 4.74. The van der Waals surface area contributed by atoms with Crippen LogP contribution >= 0.6 is 0 Å². The highest BCUT2D eigenvalue weighted by atomic mass is 16.6. The number of nitro groups is 1. The molecule has 0 radical (unpaired) electrons. The molecule has 0 atom stereocenters. The Labute approximate surface area is 134 Å². The van der Waals surface area contributed by atoms with Gasteiger partial charge in [-0.3, -0.25) is 14.9 Å². The quantitative estimate of drug-likeness (QED) is 0.505. The summed E-state index contributed by atoms with van der Waals surface area (Å²) < 4.78 is 0. The number of benzene rings is 2. The Balaban J connectivity index is 1.86. The predicted octanol–water partition coefficient (Wildman–Crippen LogP) is 3.25. The van der Waals surface area contributed by atoms with Crippen LogP contribution in [-0.2, 0) is 6.42 Å². The number of carbonyl (C=O) groups is 1. The number of nitro benzene ring substituents is 1. The summed E-state index contributed by atoms with van der Waals surface area (Å²) in [5.74, 6) is -0.390. The van der Waals surface area contributed by atoms with Crippen molar-refractivity contribution < 1.29 is 9.72 Å². The number of rotatable bonds is 6. The molecule has 0 fully saturated rings. The molecule has 6 nitrogen and oxygen atoms in total. The van der Waals surface area contributed by atoms with Crippen molar-refractivity contribution in [1.82, 2.24) is 5.43 Å². The first-order valence-corrected chi connectivity index (χ1v) is 7.19. The molecule has 0 aliphatic carbocycles. The minimum Gasteiger partial charge on any atom is -0.267 e. The molecule has 0 unspecified atom stereocenters. The van der Waals surface area contributed by atoms with Gasteiger partial charge in [-0.05, 0) is 37.5 Å². The zero-order valence-electron chi connectivity index (χ0n) is 12.7. The minimum absolute atomic E-state index is 0.00656. The van der Waals surface area contributed by atoms with E-state index >= 15 is 0 Å². The number of hydrazone groups is 1. The van der Waals surface area contributed by atoms with E-state index in [9.17, 15) is 14.9 Å². The van der Waals surface area contributed by atoms with Gasteiger partial charge < -0.3 is 0 Å². The molecule has 118 valence electrons. The van der Waals surface area contributed by atoms with E-state index in [4.69, 9.17) is 0 Å². The number of hydrogen-bond acceptors (Lipinski definition) is 4. The lowest BCUT2D eigenvalue weighted by molar-refractivity contribution is -0.385. The number of aryl methyl sites for hydroxylation is 2. The molecular formula is C17H17N3O3. The Morgan fingerprint density at radius 2 is 2.00 bits per heavy atom. The van der Waals surface area contributed by atoms with Crippen molar-refractivity contribution in [3.8, 4) is 0 Å². The Kier molecular flexibility index (Phi) is 5.57. The molecule has 6 heteroatoms. The van der Waals surface area contributed by atoms with Gasteiger partial charge in [0.2, 0.25) is 0 Å². The average molecular weight is 311 g/mol. The fraction of sp³-hybridized carbons (Fsp3) is 0.176. The second-order valence-electron chi connectivity index (χ2n) is 5.04. The SMILES string of the molecule is Cc1cc(C(=O)N/N=C/CCc2ccccc2)ccc1[N+](=O)[O-]. The summed E-state index contributed by atoms with van der Waals surface area (Å²) in [5, 5.41) is 14.6. The lowest BCUT2D eigenvalue weighted by Crippen LogP contribution is -2.17. The highest BCUT2D eigenvalue weighted by molar-refractivity contribution is 5.94. The van der Waals surface area contributed by atoms with Crippen molar-refractivity contribution in [2.24, 2.45) is 5.10 Å². The summed E-state index contributed by atoms with van der Waals surface area (Å²) in [4.78, 5) is 22.2. The van der Waals surface area contributed by atoms with Crippen LogP contribution in [0.25, 0.3) is 0 Å². The van der Waals surface area contributed by atoms with Crippen molar-refractivity contribution in [3.05, 3.63) is 75.3 Å². The van der Waals surface area contributed by atoms with Gasteiger partial charge in [-0.2, -0.15) is 5.10 Å². The molecule has 1 N–H and O–H groups in total. The van der Waals surface area contributed by atoms with Crippen LogP contribution in [-0.4, -0.2) is 17.0 Å². The molecule has 1 amide bonds. The molecule has 0 aromatic heterocycles. The van der Waals surface area contributed by atoms with Crippen LogP contribution in [0.2, 0.25) is 0 Å². The molecule has 0 saturated heterocycles. The largest absolute Gasteiger partial charge is 0.272 e. The van der Waals surface area contributed by atoms with E-state index < -0.39 is 4.92 Å². The van der Waals surface area contributed by atoms with E-state index in [2.05, 4.69) is 10.5 Å². The van der Waals surface area contributed by atoms with Gasteiger partial charge in [-0.1, -0.05) is 30.3 Å². The maximum Gasteiger partial charge on any atom is 0.272 e. The molecule has 2 aromatic rings. The third-order valence-electron chi connectivity index (χ3n) is 3.32. The van der Waals surface area contributed by atoms with Gasteiger partial charge in [0.1, 0.15) is 0 Å². The fourth-order valence-corrected chi connectivity index (χ4v) is 2.11. The highest BCUT2D eigenvalue weighted by Crippen LogP contribution is 2.18. The van der Waals surface area contributed by atoms with Crippen LogP contribution in [0.1, 0.15) is 27.9 Å². The van der Waals surface area contributed by atoms with Crippen LogP contribution < -0.4 is 5.43 Å². The molecular weight excluding hydrogens is 294 g/mol. The topological polar surface area (TPSA) is 84.6 Å². The maximum atomic E-state index is 11.9. The Morgan fingerprint density at radius 3 is 2.65 bits per heavy atom. The van der Waals surface area contributed by atoms with Gasteiger partial charge >= 0.3 is 0 Å². The van der Waals surface area contributed by atoms with Gasteiger partial charge in [0.25, 0.3) is 11.6 Å². The molecule has 0 spiro atoms. The molecule has 2 aromatic carbocycles. The van der Waals surface area contributed by atoms with E-state index in [1.165, 1.54) is 23.8 Å². The summed E-state index contributed by atoms with van der Waals surface area (Å²) >= 11 is 0. The van der Waals surface area contributed by atoms with Crippen LogP contribution in [0.5, 0.6) is 0 Å². The van der Waals surface area contributed by atoms with Crippen molar-refractivity contribution >= 4 is 17.8 Å². The third-order valence-corrected chi connectivity index (χ3v) is 3.32. The first kappa shape index (κ1) is 16.4. The van der Waals surface area contributed by atoms with Crippen molar-refractivity contribution in [1.29, 1.82) is 0 Å². The Bertz CT molecular complexity index is 727. The van der Waals surface area contributed by atoms with Gasteiger partial charge in [-0.15, -0.1) is 0 Å². The second-order valence-corrected chi connectivity index (χ2v) is 5.04. The number of nitrogens with zero attached hydrogens (tertiary/aromatic N) is 2.